The van der Waals surface area contributed by atoms with Crippen molar-refractivity contribution in [1.82, 2.24) is 10.2 Å². The van der Waals surface area contributed by atoms with Crippen molar-refractivity contribution < 1.29 is 27.5 Å². The Morgan fingerprint density at radius 1 is 0.950 bits per heavy atom. The van der Waals surface area contributed by atoms with Gasteiger partial charge in [-0.25, -0.2) is 8.42 Å². The molecule has 0 radical (unpaired) electrons. The smallest absolute Gasteiger partial charge is 0.242 e. The molecule has 1 N–H and O–H groups in total. The van der Waals surface area contributed by atoms with Gasteiger partial charge in [-0.1, -0.05) is 60.2 Å². The predicted molar refractivity (Wildman–Crippen MR) is 154 cm³/mol. The van der Waals surface area contributed by atoms with E-state index in [0.717, 1.165) is 22.9 Å². The van der Waals surface area contributed by atoms with Crippen LogP contribution in [0.5, 0.6) is 11.5 Å². The highest BCUT2D eigenvalue weighted by molar-refractivity contribution is 7.92. The van der Waals surface area contributed by atoms with Gasteiger partial charge in [-0.05, 0) is 36.6 Å². The standard InChI is InChI=1S/C30H35N3O6S/c1-22-9-7-12-24(17-22)20-32(26(30(35)31-2)18-23-10-5-4-6-11-23)29(34)13-8-16-33(40(3,36)37)25-14-15-27-28(19-25)39-21-38-27/h4-7,9-12,14-15,17,19,26H,8,13,16,18,20-21H2,1-3H3,(H,31,35)/t26-/m1/s1. The molecule has 0 fully saturated rings. The van der Waals surface area contributed by atoms with Crippen molar-refractivity contribution in [2.45, 2.75) is 38.8 Å². The number of rotatable bonds is 12. The van der Waals surface area contributed by atoms with E-state index in [2.05, 4.69) is 5.32 Å². The Hall–Kier alpha value is -4.05. The predicted octanol–water partition coefficient (Wildman–Crippen LogP) is 3.66. The van der Waals surface area contributed by atoms with Crippen molar-refractivity contribution in [3.05, 3.63) is 89.5 Å². The number of hydrogen-bond donors (Lipinski definition) is 1. The van der Waals surface area contributed by atoms with Crippen LogP contribution in [0, 0.1) is 6.92 Å². The van der Waals surface area contributed by atoms with Crippen LogP contribution in [0.3, 0.4) is 0 Å². The Balaban J connectivity index is 1.55. The number of hydrogen-bond acceptors (Lipinski definition) is 6. The van der Waals surface area contributed by atoms with E-state index in [-0.39, 0.29) is 44.5 Å². The highest BCUT2D eigenvalue weighted by Gasteiger charge is 2.30. The molecular weight excluding hydrogens is 530 g/mol. The highest BCUT2D eigenvalue weighted by atomic mass is 32.2. The molecule has 0 saturated carbocycles. The van der Waals surface area contributed by atoms with Gasteiger partial charge in [-0.3, -0.25) is 13.9 Å². The maximum Gasteiger partial charge on any atom is 0.242 e. The number of nitrogens with zero attached hydrogens (tertiary/aromatic N) is 2. The number of nitrogens with one attached hydrogen (secondary N) is 1. The van der Waals surface area contributed by atoms with E-state index in [4.69, 9.17) is 9.47 Å². The minimum Gasteiger partial charge on any atom is -0.454 e. The third-order valence-corrected chi connectivity index (χ3v) is 7.94. The second-order valence-electron chi connectivity index (χ2n) is 9.81. The Kier molecular flexibility index (Phi) is 9.31. The molecule has 1 aliphatic heterocycles. The maximum absolute atomic E-state index is 13.7. The first kappa shape index (κ1) is 28.9. The first-order valence-corrected chi connectivity index (χ1v) is 15.0. The average Bonchev–Trinajstić information content (AvgIpc) is 3.40. The van der Waals surface area contributed by atoms with E-state index in [1.54, 1.807) is 30.1 Å². The van der Waals surface area contributed by atoms with Gasteiger partial charge < -0.3 is 19.7 Å². The number of anilines is 1. The summed E-state index contributed by atoms with van der Waals surface area (Å²) >= 11 is 0. The van der Waals surface area contributed by atoms with Gasteiger partial charge in [0.2, 0.25) is 28.6 Å². The molecule has 10 heteroatoms. The minimum atomic E-state index is -3.63. The van der Waals surface area contributed by atoms with E-state index in [9.17, 15) is 18.0 Å². The topological polar surface area (TPSA) is 105 Å². The first-order chi connectivity index (χ1) is 19.2. The number of sulfonamides is 1. The zero-order valence-electron chi connectivity index (χ0n) is 23.0. The van der Waals surface area contributed by atoms with Gasteiger partial charge in [0.15, 0.2) is 11.5 Å². The van der Waals surface area contributed by atoms with Crippen LogP contribution in [0.4, 0.5) is 5.69 Å². The Labute approximate surface area is 235 Å². The summed E-state index contributed by atoms with van der Waals surface area (Å²) in [6.07, 6.45) is 1.80. The van der Waals surface area contributed by atoms with Gasteiger partial charge in [0, 0.05) is 39.0 Å². The molecule has 0 aromatic heterocycles. The molecule has 0 saturated heterocycles. The zero-order valence-corrected chi connectivity index (χ0v) is 23.8. The van der Waals surface area contributed by atoms with Crippen molar-refractivity contribution in [3.8, 4) is 11.5 Å². The van der Waals surface area contributed by atoms with Gasteiger partial charge in [-0.2, -0.15) is 0 Å². The molecule has 0 aliphatic carbocycles. The van der Waals surface area contributed by atoms with E-state index in [1.165, 1.54) is 4.31 Å². The summed E-state index contributed by atoms with van der Waals surface area (Å²) in [5, 5.41) is 2.71. The zero-order chi connectivity index (χ0) is 28.7. The summed E-state index contributed by atoms with van der Waals surface area (Å²) in [6, 6.07) is 21.6. The monoisotopic (exact) mass is 565 g/mol. The highest BCUT2D eigenvalue weighted by Crippen LogP contribution is 2.36. The van der Waals surface area contributed by atoms with E-state index < -0.39 is 16.1 Å². The lowest BCUT2D eigenvalue weighted by atomic mass is 10.0. The SMILES string of the molecule is CNC(=O)[C@@H](Cc1ccccc1)N(Cc1cccc(C)c1)C(=O)CCCN(c1ccc2c(c1)OCO2)S(C)(=O)=O. The summed E-state index contributed by atoms with van der Waals surface area (Å²) in [6.45, 7) is 2.40. The number of likely N-dealkylation sites (N-methyl/N-ethyl adjacent to an activating group) is 1. The molecule has 3 aromatic rings. The lowest BCUT2D eigenvalue weighted by molar-refractivity contribution is -0.141. The van der Waals surface area contributed by atoms with Gasteiger partial charge >= 0.3 is 0 Å². The number of carbonyl (C=O) groups excluding carboxylic acids is 2. The summed E-state index contributed by atoms with van der Waals surface area (Å²) in [5.41, 5.74) is 3.33. The molecule has 1 heterocycles. The third kappa shape index (κ3) is 7.32. The quantitative estimate of drug-likeness (QED) is 0.360. The lowest BCUT2D eigenvalue weighted by Crippen LogP contribution is -2.49. The number of amides is 2. The molecule has 4 rings (SSSR count). The fourth-order valence-corrected chi connectivity index (χ4v) is 5.73. The molecule has 0 bridgehead atoms. The van der Waals surface area contributed by atoms with Crippen LogP contribution in [-0.2, 0) is 32.6 Å². The Bertz CT molecular complexity index is 1440. The van der Waals surface area contributed by atoms with Crippen LogP contribution < -0.4 is 19.1 Å². The summed E-state index contributed by atoms with van der Waals surface area (Å²) in [5.74, 6) is 0.534. The van der Waals surface area contributed by atoms with Crippen molar-refractivity contribution in [2.24, 2.45) is 0 Å². The normalized spacial score (nSPS) is 13.0. The second-order valence-corrected chi connectivity index (χ2v) is 11.7. The lowest BCUT2D eigenvalue weighted by Gasteiger charge is -2.31. The van der Waals surface area contributed by atoms with Gasteiger partial charge in [0.25, 0.3) is 0 Å². The molecule has 0 spiro atoms. The molecule has 0 unspecified atom stereocenters. The first-order valence-electron chi connectivity index (χ1n) is 13.1. The van der Waals surface area contributed by atoms with Crippen LogP contribution in [-0.4, -0.2) is 57.8 Å². The largest absolute Gasteiger partial charge is 0.454 e. The number of aryl methyl sites for hydroxylation is 1. The number of carbonyl (C=O) groups is 2. The molecule has 9 nitrogen and oxygen atoms in total. The Morgan fingerprint density at radius 2 is 1.68 bits per heavy atom. The van der Waals surface area contributed by atoms with Crippen molar-refractivity contribution in [1.29, 1.82) is 0 Å². The van der Waals surface area contributed by atoms with Gasteiger partial charge in [0.1, 0.15) is 6.04 Å². The molecule has 1 aliphatic rings. The number of ether oxygens (including phenoxy) is 2. The van der Waals surface area contributed by atoms with Gasteiger partial charge in [0.05, 0.1) is 11.9 Å². The van der Waals surface area contributed by atoms with Crippen molar-refractivity contribution >= 4 is 27.5 Å². The van der Waals surface area contributed by atoms with E-state index in [1.807, 2.05) is 61.5 Å². The summed E-state index contributed by atoms with van der Waals surface area (Å²) in [7, 11) is -2.07. The van der Waals surface area contributed by atoms with E-state index in [0.29, 0.717) is 23.6 Å². The summed E-state index contributed by atoms with van der Waals surface area (Å²) < 4.78 is 37.3. The van der Waals surface area contributed by atoms with Crippen LogP contribution in [0.15, 0.2) is 72.8 Å². The Morgan fingerprint density at radius 3 is 2.38 bits per heavy atom. The fraction of sp³-hybridized carbons (Fsp3) is 0.333. The molecule has 2 amide bonds. The molecule has 1 atom stereocenters. The van der Waals surface area contributed by atoms with E-state index >= 15 is 0 Å². The van der Waals surface area contributed by atoms with Crippen LogP contribution in [0.25, 0.3) is 0 Å². The molecule has 212 valence electrons. The molecule has 3 aromatic carbocycles. The summed E-state index contributed by atoms with van der Waals surface area (Å²) in [4.78, 5) is 28.4. The van der Waals surface area contributed by atoms with Crippen molar-refractivity contribution in [2.75, 3.05) is 30.9 Å². The average molecular weight is 566 g/mol. The second kappa shape index (κ2) is 12.9. The fourth-order valence-electron chi connectivity index (χ4n) is 4.77. The third-order valence-electron chi connectivity index (χ3n) is 6.75. The van der Waals surface area contributed by atoms with Gasteiger partial charge in [-0.15, -0.1) is 0 Å². The number of benzene rings is 3. The molecule has 40 heavy (non-hydrogen) atoms. The maximum atomic E-state index is 13.7. The van der Waals surface area contributed by atoms with Crippen molar-refractivity contribution in [3.63, 3.8) is 0 Å². The number of fused-ring (bicyclic) bond motifs is 1. The minimum absolute atomic E-state index is 0.0602. The van der Waals surface area contributed by atoms with Crippen LogP contribution >= 0.6 is 0 Å². The molecular formula is C30H35N3O6S. The van der Waals surface area contributed by atoms with Crippen LogP contribution in [0.2, 0.25) is 0 Å². The van der Waals surface area contributed by atoms with Crippen LogP contribution in [0.1, 0.15) is 29.5 Å².